The van der Waals surface area contributed by atoms with Gasteiger partial charge in [-0.2, -0.15) is 5.10 Å². The fourth-order valence-electron chi connectivity index (χ4n) is 3.25. The second-order valence-corrected chi connectivity index (χ2v) is 8.75. The number of hydrogen-bond acceptors (Lipinski definition) is 6. The number of rotatable bonds is 11. The van der Waals surface area contributed by atoms with Crippen LogP contribution in [0, 0.1) is 5.41 Å². The van der Waals surface area contributed by atoms with Crippen molar-refractivity contribution in [3.05, 3.63) is 30.0 Å². The van der Waals surface area contributed by atoms with Crippen LogP contribution in [-0.2, 0) is 20.9 Å². The summed E-state index contributed by atoms with van der Waals surface area (Å²) in [5, 5.41) is 21.1. The summed E-state index contributed by atoms with van der Waals surface area (Å²) in [6.07, 6.45) is 1.65. The van der Waals surface area contributed by atoms with Crippen molar-refractivity contribution < 1.29 is 24.3 Å². The number of fused-ring (bicyclic) bond motifs is 1. The summed E-state index contributed by atoms with van der Waals surface area (Å²) in [7, 11) is 0. The van der Waals surface area contributed by atoms with Crippen molar-refractivity contribution in [2.75, 3.05) is 19.6 Å². The van der Waals surface area contributed by atoms with Gasteiger partial charge in [-0.1, -0.05) is 39.0 Å². The van der Waals surface area contributed by atoms with Crippen LogP contribution >= 0.6 is 0 Å². The number of hydrogen-bond donors (Lipinski definition) is 5. The summed E-state index contributed by atoms with van der Waals surface area (Å²) in [5.41, 5.74) is 5.92. The maximum absolute atomic E-state index is 13.1. The van der Waals surface area contributed by atoms with Gasteiger partial charge in [-0.3, -0.25) is 23.9 Å². The standard InChI is InChI=1S/C22H32N6O5/c1-22(2,3)19(21(33)25-12-16(29)24-13-17(30)31)26-20(32)18-14-8-4-5-9-15(14)28(27-18)11-7-6-10-23/h4-5,8-9,19H,6-7,10-13,23H2,1-3H3,(H,24,29)(H,25,33)(H,26,32)(H,30,31)/t19-/m1/s1. The Morgan fingerprint density at radius 1 is 1.09 bits per heavy atom. The molecule has 0 saturated heterocycles. The molecule has 6 N–H and O–H groups in total. The van der Waals surface area contributed by atoms with Crippen LogP contribution in [0.2, 0.25) is 0 Å². The van der Waals surface area contributed by atoms with E-state index in [-0.39, 0.29) is 5.69 Å². The quantitative estimate of drug-likeness (QED) is 0.299. The number of carboxylic acid groups (broad SMARTS) is 1. The SMILES string of the molecule is CC(C)(C)[C@H](NC(=O)c1nn(CCCCN)c2ccccc12)C(=O)NCC(=O)NCC(=O)O. The molecule has 180 valence electrons. The van der Waals surface area contributed by atoms with E-state index in [2.05, 4.69) is 21.0 Å². The van der Waals surface area contributed by atoms with Gasteiger partial charge in [-0.15, -0.1) is 0 Å². The number of aromatic nitrogens is 2. The lowest BCUT2D eigenvalue weighted by atomic mass is 9.86. The highest BCUT2D eigenvalue weighted by atomic mass is 16.4. The number of nitrogens with one attached hydrogen (secondary N) is 3. The van der Waals surface area contributed by atoms with Gasteiger partial charge in [-0.25, -0.2) is 0 Å². The molecule has 1 atom stereocenters. The van der Waals surface area contributed by atoms with Crippen LogP contribution in [0.15, 0.2) is 24.3 Å². The van der Waals surface area contributed by atoms with Gasteiger partial charge in [0.05, 0.1) is 12.1 Å². The smallest absolute Gasteiger partial charge is 0.322 e. The third-order valence-electron chi connectivity index (χ3n) is 4.96. The molecule has 0 saturated carbocycles. The minimum Gasteiger partial charge on any atom is -0.480 e. The summed E-state index contributed by atoms with van der Waals surface area (Å²) >= 11 is 0. The van der Waals surface area contributed by atoms with Gasteiger partial charge in [0.2, 0.25) is 11.8 Å². The van der Waals surface area contributed by atoms with Crippen LogP contribution in [0.5, 0.6) is 0 Å². The van der Waals surface area contributed by atoms with E-state index in [0.717, 1.165) is 18.4 Å². The lowest BCUT2D eigenvalue weighted by molar-refractivity contribution is -0.137. The third kappa shape index (κ3) is 7.28. The van der Waals surface area contributed by atoms with E-state index in [1.54, 1.807) is 31.5 Å². The normalized spacial score (nSPS) is 12.2. The van der Waals surface area contributed by atoms with Crippen molar-refractivity contribution in [2.24, 2.45) is 11.1 Å². The number of amides is 3. The minimum absolute atomic E-state index is 0.208. The first-order chi connectivity index (χ1) is 15.5. The average molecular weight is 461 g/mol. The first kappa shape index (κ1) is 25.8. The minimum atomic E-state index is -1.19. The number of para-hydroxylation sites is 1. The molecule has 0 aliphatic carbocycles. The topological polar surface area (TPSA) is 168 Å². The number of nitrogens with zero attached hydrogens (tertiary/aromatic N) is 2. The highest BCUT2D eigenvalue weighted by molar-refractivity contribution is 6.06. The molecule has 2 aromatic rings. The summed E-state index contributed by atoms with van der Waals surface area (Å²) < 4.78 is 1.76. The molecule has 0 radical (unpaired) electrons. The molecule has 11 heteroatoms. The van der Waals surface area contributed by atoms with Gasteiger partial charge >= 0.3 is 5.97 Å². The molecule has 3 amide bonds. The molecule has 0 aliphatic rings. The fourth-order valence-corrected chi connectivity index (χ4v) is 3.25. The van der Waals surface area contributed by atoms with Crippen molar-refractivity contribution in [3.63, 3.8) is 0 Å². The maximum atomic E-state index is 13.1. The van der Waals surface area contributed by atoms with Crippen LogP contribution in [0.25, 0.3) is 10.9 Å². The van der Waals surface area contributed by atoms with Gasteiger partial charge < -0.3 is 26.8 Å². The second-order valence-electron chi connectivity index (χ2n) is 8.75. The van der Waals surface area contributed by atoms with E-state index >= 15 is 0 Å². The summed E-state index contributed by atoms with van der Waals surface area (Å²) in [5.74, 6) is -2.90. The van der Waals surface area contributed by atoms with Crippen molar-refractivity contribution in [1.82, 2.24) is 25.7 Å². The molecule has 0 fully saturated rings. The van der Waals surface area contributed by atoms with Gasteiger partial charge in [0.15, 0.2) is 5.69 Å². The zero-order valence-electron chi connectivity index (χ0n) is 19.2. The second kappa shape index (κ2) is 11.4. The summed E-state index contributed by atoms with van der Waals surface area (Å²) in [4.78, 5) is 48.2. The van der Waals surface area contributed by atoms with E-state index in [0.29, 0.717) is 18.5 Å². The molecule has 1 aromatic heterocycles. The van der Waals surface area contributed by atoms with E-state index in [9.17, 15) is 19.2 Å². The predicted molar refractivity (Wildman–Crippen MR) is 122 cm³/mol. The monoisotopic (exact) mass is 460 g/mol. The Morgan fingerprint density at radius 2 is 1.79 bits per heavy atom. The van der Waals surface area contributed by atoms with Crippen molar-refractivity contribution >= 4 is 34.6 Å². The van der Waals surface area contributed by atoms with E-state index in [1.165, 1.54) is 0 Å². The Bertz CT molecular complexity index is 1010. The molecular formula is C22H32N6O5. The number of carboxylic acids is 1. The van der Waals surface area contributed by atoms with Crippen LogP contribution < -0.4 is 21.7 Å². The largest absolute Gasteiger partial charge is 0.480 e. The molecule has 33 heavy (non-hydrogen) atoms. The van der Waals surface area contributed by atoms with Crippen LogP contribution in [0.1, 0.15) is 44.1 Å². The molecule has 0 aliphatic heterocycles. The van der Waals surface area contributed by atoms with Gasteiger partial charge in [0, 0.05) is 11.9 Å². The maximum Gasteiger partial charge on any atom is 0.322 e. The number of unbranched alkanes of at least 4 members (excludes halogenated alkanes) is 1. The zero-order valence-corrected chi connectivity index (χ0v) is 19.2. The van der Waals surface area contributed by atoms with Crippen molar-refractivity contribution in [1.29, 1.82) is 0 Å². The highest BCUT2D eigenvalue weighted by Gasteiger charge is 2.34. The molecule has 0 bridgehead atoms. The van der Waals surface area contributed by atoms with E-state index in [1.807, 2.05) is 18.2 Å². The summed E-state index contributed by atoms with van der Waals surface area (Å²) in [6, 6.07) is 6.40. The molecular weight excluding hydrogens is 428 g/mol. The number of carbonyl (C=O) groups excluding carboxylic acids is 3. The Morgan fingerprint density at radius 3 is 2.42 bits per heavy atom. The summed E-state index contributed by atoms with van der Waals surface area (Å²) in [6.45, 7) is 5.58. The number of carbonyl (C=O) groups is 4. The molecule has 0 spiro atoms. The Labute approximate surface area is 192 Å². The molecule has 2 rings (SSSR count). The predicted octanol–water partition coefficient (Wildman–Crippen LogP) is 0.237. The first-order valence-corrected chi connectivity index (χ1v) is 10.8. The Hall–Kier alpha value is -3.47. The molecule has 1 aromatic carbocycles. The lowest BCUT2D eigenvalue weighted by Gasteiger charge is -2.30. The fraction of sp³-hybridized carbons (Fsp3) is 0.500. The van der Waals surface area contributed by atoms with Crippen molar-refractivity contribution in [3.8, 4) is 0 Å². The number of nitrogens with two attached hydrogens (primary N) is 1. The van der Waals surface area contributed by atoms with Gasteiger partial charge in [0.25, 0.3) is 5.91 Å². The first-order valence-electron chi connectivity index (χ1n) is 10.8. The molecule has 1 heterocycles. The van der Waals surface area contributed by atoms with Crippen LogP contribution in [0.4, 0.5) is 0 Å². The van der Waals surface area contributed by atoms with E-state index < -0.39 is 48.2 Å². The number of aliphatic carboxylic acids is 1. The Balaban J connectivity index is 2.17. The van der Waals surface area contributed by atoms with Crippen LogP contribution in [0.3, 0.4) is 0 Å². The lowest BCUT2D eigenvalue weighted by Crippen LogP contribution is -2.55. The number of benzene rings is 1. The molecule has 11 nitrogen and oxygen atoms in total. The van der Waals surface area contributed by atoms with Crippen LogP contribution in [-0.4, -0.2) is 64.3 Å². The molecule has 0 unspecified atom stereocenters. The third-order valence-corrected chi connectivity index (χ3v) is 4.96. The van der Waals surface area contributed by atoms with Gasteiger partial charge in [-0.05, 0) is 30.9 Å². The van der Waals surface area contributed by atoms with Crippen molar-refractivity contribution in [2.45, 2.75) is 46.2 Å². The average Bonchev–Trinajstić information content (AvgIpc) is 3.12. The van der Waals surface area contributed by atoms with E-state index in [4.69, 9.17) is 10.8 Å². The Kier molecular flexibility index (Phi) is 8.92. The number of aryl methyl sites for hydroxylation is 1. The van der Waals surface area contributed by atoms with Gasteiger partial charge in [0.1, 0.15) is 12.6 Å². The highest BCUT2D eigenvalue weighted by Crippen LogP contribution is 2.22. The zero-order chi connectivity index (χ0) is 24.6.